The van der Waals surface area contributed by atoms with Gasteiger partial charge in [0.2, 0.25) is 0 Å². The van der Waals surface area contributed by atoms with Crippen LogP contribution in [0, 0.1) is 35.4 Å². The van der Waals surface area contributed by atoms with E-state index < -0.39 is 12.0 Å². The zero-order valence-corrected chi connectivity index (χ0v) is 26.7. The number of nitriles is 1. The van der Waals surface area contributed by atoms with E-state index in [1.54, 1.807) is 22.9 Å². The van der Waals surface area contributed by atoms with E-state index in [2.05, 4.69) is 21.8 Å². The highest BCUT2D eigenvalue weighted by Gasteiger charge is 2.49. The van der Waals surface area contributed by atoms with Crippen molar-refractivity contribution in [3.8, 4) is 41.3 Å². The summed E-state index contributed by atoms with van der Waals surface area (Å²) in [7, 11) is 1.83. The van der Waals surface area contributed by atoms with E-state index in [1.807, 2.05) is 19.3 Å². The van der Waals surface area contributed by atoms with Crippen LogP contribution in [-0.4, -0.2) is 74.3 Å². The lowest BCUT2D eigenvalue weighted by Gasteiger charge is -2.31. The molecule has 1 N–H and O–H groups in total. The van der Waals surface area contributed by atoms with Gasteiger partial charge in [-0.15, -0.1) is 6.42 Å². The molecule has 8 rings (SSSR count). The highest BCUT2D eigenvalue weighted by Crippen LogP contribution is 2.44. The van der Waals surface area contributed by atoms with Gasteiger partial charge in [-0.2, -0.15) is 20.3 Å². The fourth-order valence-electron chi connectivity index (χ4n) is 8.25. The minimum absolute atomic E-state index is 0.00312. The van der Waals surface area contributed by atoms with Crippen LogP contribution in [0.4, 0.5) is 14.6 Å². The van der Waals surface area contributed by atoms with Crippen molar-refractivity contribution in [1.29, 1.82) is 5.26 Å². The zero-order valence-electron chi connectivity index (χ0n) is 26.7. The zero-order chi connectivity index (χ0) is 33.2. The van der Waals surface area contributed by atoms with Crippen LogP contribution in [0.3, 0.4) is 0 Å². The third-order valence-electron chi connectivity index (χ3n) is 10.5. The number of anilines is 1. The summed E-state index contributed by atoms with van der Waals surface area (Å²) in [4.78, 5) is 14.4. The number of aromatic nitrogens is 4. The second kappa shape index (κ2) is 11.6. The quantitative estimate of drug-likeness (QED) is 0.224. The lowest BCUT2D eigenvalue weighted by Crippen LogP contribution is -2.43. The Hall–Kier alpha value is -5.00. The van der Waals surface area contributed by atoms with E-state index in [1.165, 1.54) is 6.07 Å². The SMILES string of the molecule is C#Cc1c(F)ccc2cc(O)cc(-c3cc4nc(OC[C@@]56CCCN5C[C@H](F)C6)nc(N5CCCC(C#N)CC5)c4c4cn(C)nc34)c12. The normalized spacial score (nSPS) is 23.0. The molecule has 3 fully saturated rings. The maximum Gasteiger partial charge on any atom is 0.319 e. The topological polar surface area (TPSA) is 103 Å². The van der Waals surface area contributed by atoms with Gasteiger partial charge < -0.3 is 14.7 Å². The van der Waals surface area contributed by atoms with E-state index in [-0.39, 0.29) is 35.4 Å². The molecule has 244 valence electrons. The molecule has 0 spiro atoms. The molecule has 3 aliphatic rings. The summed E-state index contributed by atoms with van der Waals surface area (Å²) in [5.41, 5.74) is 2.06. The van der Waals surface area contributed by atoms with E-state index in [0.29, 0.717) is 71.2 Å². The van der Waals surface area contributed by atoms with Crippen LogP contribution < -0.4 is 9.64 Å². The summed E-state index contributed by atoms with van der Waals surface area (Å²) < 4.78 is 37.8. The number of hydrogen-bond donors (Lipinski definition) is 1. The highest BCUT2D eigenvalue weighted by atomic mass is 19.1. The van der Waals surface area contributed by atoms with Gasteiger partial charge in [0.05, 0.1) is 28.1 Å². The van der Waals surface area contributed by atoms with Crippen LogP contribution in [0.15, 0.2) is 36.5 Å². The number of aromatic hydroxyl groups is 1. The van der Waals surface area contributed by atoms with Gasteiger partial charge in [0.15, 0.2) is 0 Å². The third kappa shape index (κ3) is 4.96. The maximum absolute atomic E-state index is 15.1. The van der Waals surface area contributed by atoms with Gasteiger partial charge in [-0.05, 0) is 73.9 Å². The van der Waals surface area contributed by atoms with Crippen LogP contribution in [0.5, 0.6) is 11.8 Å². The molecule has 0 saturated carbocycles. The molecule has 0 amide bonds. The number of fused-ring (bicyclic) bond motifs is 5. The second-order valence-corrected chi connectivity index (χ2v) is 13.5. The minimum Gasteiger partial charge on any atom is -0.508 e. The molecule has 5 heterocycles. The maximum atomic E-state index is 15.1. The number of phenolic OH excluding ortho intramolecular Hbond substituents is 1. The van der Waals surface area contributed by atoms with E-state index in [4.69, 9.17) is 26.2 Å². The summed E-state index contributed by atoms with van der Waals surface area (Å²) in [6, 6.07) is 10.6. The Kier molecular flexibility index (Phi) is 7.34. The molecule has 3 aromatic carbocycles. The average molecular weight is 648 g/mol. The minimum atomic E-state index is -0.886. The number of phenols is 1. The van der Waals surface area contributed by atoms with Gasteiger partial charge >= 0.3 is 6.01 Å². The summed E-state index contributed by atoms with van der Waals surface area (Å²) in [6.07, 6.45) is 11.5. The Morgan fingerprint density at radius 1 is 1.10 bits per heavy atom. The van der Waals surface area contributed by atoms with Crippen molar-refractivity contribution in [3.63, 3.8) is 0 Å². The molecule has 11 heteroatoms. The summed E-state index contributed by atoms with van der Waals surface area (Å²) in [6.45, 7) is 2.88. The molecule has 48 heavy (non-hydrogen) atoms. The van der Waals surface area contributed by atoms with Crippen molar-refractivity contribution in [2.75, 3.05) is 37.7 Å². The van der Waals surface area contributed by atoms with Gasteiger partial charge in [-0.25, -0.2) is 8.78 Å². The molecule has 3 saturated heterocycles. The first-order chi connectivity index (χ1) is 23.3. The molecular formula is C37H35F2N7O2. The standard InChI is InChI=1S/C37H35F2N7O2/c1-3-26-30(39)8-7-23-14-25(47)15-27(32(23)26)28-16-31-33(29-20-44(2)43-34(28)29)35(45-11-4-6-22(18-40)9-13-45)42-36(41-31)48-21-37-10-5-12-46(37)19-24(38)17-37/h1,7-8,14-16,20,22,24,47H,4-6,9-13,17,19,21H2,2H3/t22?,24-,37+/m1/s1. The smallest absolute Gasteiger partial charge is 0.319 e. The predicted molar refractivity (Wildman–Crippen MR) is 180 cm³/mol. The number of terminal acetylenes is 1. The van der Waals surface area contributed by atoms with Gasteiger partial charge in [-0.3, -0.25) is 9.58 Å². The van der Waals surface area contributed by atoms with Gasteiger partial charge in [-0.1, -0.05) is 12.0 Å². The van der Waals surface area contributed by atoms with Gasteiger partial charge in [0.25, 0.3) is 0 Å². The van der Waals surface area contributed by atoms with E-state index in [9.17, 15) is 14.8 Å². The van der Waals surface area contributed by atoms with Crippen LogP contribution in [0.25, 0.3) is 43.7 Å². The van der Waals surface area contributed by atoms with Crippen LogP contribution in [0.1, 0.15) is 44.1 Å². The number of alkyl halides is 1. The summed E-state index contributed by atoms with van der Waals surface area (Å²) in [5, 5.41) is 28.0. The Labute approximate surface area is 276 Å². The number of ether oxygens (including phenoxy) is 1. The largest absolute Gasteiger partial charge is 0.508 e. The first-order valence-electron chi connectivity index (χ1n) is 16.5. The number of hydrogen-bond acceptors (Lipinski definition) is 8. The number of aryl methyl sites for hydroxylation is 1. The molecule has 0 bridgehead atoms. The van der Waals surface area contributed by atoms with Crippen molar-refractivity contribution >= 4 is 38.4 Å². The number of halogens is 2. The highest BCUT2D eigenvalue weighted by molar-refractivity contribution is 6.17. The lowest BCUT2D eigenvalue weighted by molar-refractivity contribution is 0.107. The van der Waals surface area contributed by atoms with Crippen molar-refractivity contribution in [3.05, 3.63) is 47.9 Å². The average Bonchev–Trinajstić information content (AvgIpc) is 3.67. The molecule has 1 unspecified atom stereocenters. The van der Waals surface area contributed by atoms with E-state index in [0.717, 1.165) is 43.0 Å². The Bertz CT molecular complexity index is 2190. The van der Waals surface area contributed by atoms with Crippen molar-refractivity contribution < 1.29 is 18.6 Å². The molecule has 5 aromatic rings. The fourth-order valence-corrected chi connectivity index (χ4v) is 8.25. The number of rotatable bonds is 5. The molecule has 3 aliphatic heterocycles. The second-order valence-electron chi connectivity index (χ2n) is 13.5. The third-order valence-corrected chi connectivity index (χ3v) is 10.5. The molecule has 0 radical (unpaired) electrons. The molecule has 2 aromatic heterocycles. The Morgan fingerprint density at radius 3 is 2.81 bits per heavy atom. The monoisotopic (exact) mass is 647 g/mol. The lowest BCUT2D eigenvalue weighted by atomic mass is 9.92. The van der Waals surface area contributed by atoms with Gasteiger partial charge in [0.1, 0.15) is 35.7 Å². The molecular weight excluding hydrogens is 612 g/mol. The van der Waals surface area contributed by atoms with E-state index >= 15 is 4.39 Å². The van der Waals surface area contributed by atoms with Crippen LogP contribution in [-0.2, 0) is 7.05 Å². The summed E-state index contributed by atoms with van der Waals surface area (Å²) >= 11 is 0. The Morgan fingerprint density at radius 2 is 1.98 bits per heavy atom. The number of nitrogens with zero attached hydrogens (tertiary/aromatic N) is 7. The van der Waals surface area contributed by atoms with Gasteiger partial charge in [0, 0.05) is 61.6 Å². The molecule has 9 nitrogen and oxygen atoms in total. The van der Waals surface area contributed by atoms with Crippen LogP contribution in [0.2, 0.25) is 0 Å². The van der Waals surface area contributed by atoms with Crippen molar-refractivity contribution in [2.24, 2.45) is 13.0 Å². The van der Waals surface area contributed by atoms with Crippen LogP contribution >= 0.6 is 0 Å². The first kappa shape index (κ1) is 30.3. The molecule has 0 aliphatic carbocycles. The van der Waals surface area contributed by atoms with Crippen molar-refractivity contribution in [2.45, 2.75) is 50.2 Å². The predicted octanol–water partition coefficient (Wildman–Crippen LogP) is 6.25. The molecule has 3 atom stereocenters. The number of benzene rings is 3. The summed E-state index contributed by atoms with van der Waals surface area (Å²) in [5.74, 6) is 2.64. The van der Waals surface area contributed by atoms with Crippen molar-refractivity contribution in [1.82, 2.24) is 24.6 Å². The fraction of sp³-hybridized carbons (Fsp3) is 0.405. The Balaban J connectivity index is 1.35. The first-order valence-corrected chi connectivity index (χ1v) is 16.5.